The molecule has 1 amide bonds. The standard InChI is InChI=1S/C16H14BrFN2O5/c1-2-24-11-4-5-13(14(8-11)20(22)23)19-16(21)9-25-15-6-3-10(18)7-12(15)17/h3-8H,2,9H2,1H3,(H,19,21). The molecule has 0 aliphatic rings. The van der Waals surface area contributed by atoms with Crippen molar-refractivity contribution in [2.75, 3.05) is 18.5 Å². The van der Waals surface area contributed by atoms with Gasteiger partial charge in [0.2, 0.25) is 0 Å². The van der Waals surface area contributed by atoms with Crippen LogP contribution in [0.25, 0.3) is 0 Å². The first-order chi connectivity index (χ1) is 11.9. The normalized spacial score (nSPS) is 10.2. The number of halogens is 2. The molecule has 0 aliphatic carbocycles. The molecular formula is C16H14BrFN2O5. The average Bonchev–Trinajstić information content (AvgIpc) is 2.55. The molecule has 0 radical (unpaired) electrons. The van der Waals surface area contributed by atoms with Gasteiger partial charge in [0.25, 0.3) is 11.6 Å². The number of amides is 1. The van der Waals surface area contributed by atoms with Gasteiger partial charge in [-0.2, -0.15) is 0 Å². The van der Waals surface area contributed by atoms with Crippen LogP contribution in [0.4, 0.5) is 15.8 Å². The van der Waals surface area contributed by atoms with Gasteiger partial charge in [0.05, 0.1) is 22.1 Å². The summed E-state index contributed by atoms with van der Waals surface area (Å²) in [5, 5.41) is 13.6. The van der Waals surface area contributed by atoms with E-state index in [0.29, 0.717) is 16.8 Å². The maximum absolute atomic E-state index is 13.0. The van der Waals surface area contributed by atoms with Crippen LogP contribution in [0.15, 0.2) is 40.9 Å². The van der Waals surface area contributed by atoms with E-state index in [-0.39, 0.29) is 17.1 Å². The molecule has 0 aromatic heterocycles. The van der Waals surface area contributed by atoms with Crippen LogP contribution in [-0.2, 0) is 4.79 Å². The first-order valence-corrected chi connectivity index (χ1v) is 7.99. The third kappa shape index (κ3) is 5.15. The molecule has 0 spiro atoms. The first kappa shape index (κ1) is 18.7. The molecule has 0 atom stereocenters. The van der Waals surface area contributed by atoms with Crippen molar-refractivity contribution in [3.8, 4) is 11.5 Å². The highest BCUT2D eigenvalue weighted by molar-refractivity contribution is 9.10. The van der Waals surface area contributed by atoms with Gasteiger partial charge in [-0.05, 0) is 53.2 Å². The van der Waals surface area contributed by atoms with Crippen LogP contribution in [0, 0.1) is 15.9 Å². The molecule has 1 N–H and O–H groups in total. The van der Waals surface area contributed by atoms with Gasteiger partial charge >= 0.3 is 0 Å². The van der Waals surface area contributed by atoms with Crippen LogP contribution in [-0.4, -0.2) is 24.0 Å². The molecule has 2 rings (SSSR count). The zero-order valence-corrected chi connectivity index (χ0v) is 14.7. The van der Waals surface area contributed by atoms with E-state index in [2.05, 4.69) is 21.2 Å². The predicted molar refractivity (Wildman–Crippen MR) is 92.5 cm³/mol. The minimum Gasteiger partial charge on any atom is -0.494 e. The Morgan fingerprint density at radius 1 is 1.28 bits per heavy atom. The molecule has 9 heteroatoms. The van der Waals surface area contributed by atoms with Crippen LogP contribution in [0.5, 0.6) is 11.5 Å². The van der Waals surface area contributed by atoms with Crippen LogP contribution in [0.1, 0.15) is 6.92 Å². The van der Waals surface area contributed by atoms with E-state index in [1.165, 1.54) is 36.4 Å². The summed E-state index contributed by atoms with van der Waals surface area (Å²) in [4.78, 5) is 22.5. The highest BCUT2D eigenvalue weighted by atomic mass is 79.9. The number of nitrogens with zero attached hydrogens (tertiary/aromatic N) is 1. The summed E-state index contributed by atoms with van der Waals surface area (Å²) in [7, 11) is 0. The molecule has 0 unspecified atom stereocenters. The van der Waals surface area contributed by atoms with Gasteiger partial charge in [0, 0.05) is 0 Å². The second kappa shape index (κ2) is 8.43. The number of nitro benzene ring substituents is 1. The van der Waals surface area contributed by atoms with Gasteiger partial charge in [-0.25, -0.2) is 4.39 Å². The summed E-state index contributed by atoms with van der Waals surface area (Å²) < 4.78 is 23.8. The summed E-state index contributed by atoms with van der Waals surface area (Å²) in [6.07, 6.45) is 0. The molecule has 0 aliphatic heterocycles. The van der Waals surface area contributed by atoms with E-state index in [9.17, 15) is 19.3 Å². The SMILES string of the molecule is CCOc1ccc(NC(=O)COc2ccc(F)cc2Br)c([N+](=O)[O-])c1. The Bertz CT molecular complexity index is 800. The number of nitrogens with one attached hydrogen (secondary N) is 1. The van der Waals surface area contributed by atoms with Gasteiger partial charge in [0.15, 0.2) is 6.61 Å². The highest BCUT2D eigenvalue weighted by Crippen LogP contribution is 2.29. The van der Waals surface area contributed by atoms with Crippen molar-refractivity contribution in [2.45, 2.75) is 6.92 Å². The zero-order valence-electron chi connectivity index (χ0n) is 13.1. The topological polar surface area (TPSA) is 90.7 Å². The van der Waals surface area contributed by atoms with Crippen molar-refractivity contribution >= 4 is 33.2 Å². The quantitative estimate of drug-likeness (QED) is 0.549. The predicted octanol–water partition coefficient (Wildman–Crippen LogP) is 3.91. The van der Waals surface area contributed by atoms with Crippen molar-refractivity contribution in [1.82, 2.24) is 0 Å². The highest BCUT2D eigenvalue weighted by Gasteiger charge is 2.18. The van der Waals surface area contributed by atoms with E-state index >= 15 is 0 Å². The molecule has 0 saturated heterocycles. The number of rotatable bonds is 7. The molecule has 2 aromatic carbocycles. The largest absolute Gasteiger partial charge is 0.494 e. The maximum Gasteiger partial charge on any atom is 0.296 e. The average molecular weight is 413 g/mol. The van der Waals surface area contributed by atoms with E-state index in [1.807, 2.05) is 0 Å². The van der Waals surface area contributed by atoms with Gasteiger partial charge < -0.3 is 14.8 Å². The fourth-order valence-corrected chi connectivity index (χ4v) is 2.41. The molecule has 0 heterocycles. The van der Waals surface area contributed by atoms with Crippen molar-refractivity contribution in [2.24, 2.45) is 0 Å². The lowest BCUT2D eigenvalue weighted by molar-refractivity contribution is -0.384. The zero-order chi connectivity index (χ0) is 18.4. The van der Waals surface area contributed by atoms with E-state index < -0.39 is 23.3 Å². The number of ether oxygens (including phenoxy) is 2. The molecule has 0 saturated carbocycles. The van der Waals surface area contributed by atoms with Gasteiger partial charge in [0.1, 0.15) is 23.0 Å². The molecule has 132 valence electrons. The minimum absolute atomic E-state index is 0.0280. The van der Waals surface area contributed by atoms with Crippen molar-refractivity contribution in [1.29, 1.82) is 0 Å². The van der Waals surface area contributed by atoms with Crippen LogP contribution in [0.3, 0.4) is 0 Å². The molecule has 0 bridgehead atoms. The Hall–Kier alpha value is -2.68. The second-order valence-corrected chi connectivity index (χ2v) is 5.64. The van der Waals surface area contributed by atoms with Crippen molar-refractivity contribution in [3.05, 3.63) is 56.8 Å². The number of carbonyl (C=O) groups is 1. The number of hydrogen-bond acceptors (Lipinski definition) is 5. The third-order valence-electron chi connectivity index (χ3n) is 3.00. The maximum atomic E-state index is 13.0. The van der Waals surface area contributed by atoms with Crippen LogP contribution >= 0.6 is 15.9 Å². The second-order valence-electron chi connectivity index (χ2n) is 4.78. The fraction of sp³-hybridized carbons (Fsp3) is 0.188. The number of nitro groups is 1. The third-order valence-corrected chi connectivity index (χ3v) is 3.62. The Morgan fingerprint density at radius 3 is 2.68 bits per heavy atom. The Kier molecular flexibility index (Phi) is 6.29. The fourth-order valence-electron chi connectivity index (χ4n) is 1.95. The molecule has 2 aromatic rings. The van der Waals surface area contributed by atoms with E-state index in [0.717, 1.165) is 0 Å². The number of hydrogen-bond donors (Lipinski definition) is 1. The van der Waals surface area contributed by atoms with Gasteiger partial charge in [-0.15, -0.1) is 0 Å². The summed E-state index contributed by atoms with van der Waals surface area (Å²) >= 11 is 3.12. The lowest BCUT2D eigenvalue weighted by Gasteiger charge is -2.10. The lowest BCUT2D eigenvalue weighted by atomic mass is 10.2. The summed E-state index contributed by atoms with van der Waals surface area (Å²) in [6, 6.07) is 7.89. The summed E-state index contributed by atoms with van der Waals surface area (Å²) in [6.45, 7) is 1.73. The molecule has 0 fully saturated rings. The van der Waals surface area contributed by atoms with Crippen molar-refractivity contribution < 1.29 is 23.6 Å². The lowest BCUT2D eigenvalue weighted by Crippen LogP contribution is -2.20. The Morgan fingerprint density at radius 2 is 2.04 bits per heavy atom. The van der Waals surface area contributed by atoms with E-state index in [1.54, 1.807) is 6.92 Å². The van der Waals surface area contributed by atoms with Crippen LogP contribution < -0.4 is 14.8 Å². The number of anilines is 1. The summed E-state index contributed by atoms with van der Waals surface area (Å²) in [5.41, 5.74) is -0.262. The Balaban J connectivity index is 2.05. The minimum atomic E-state index is -0.616. The molecular weight excluding hydrogens is 399 g/mol. The van der Waals surface area contributed by atoms with Gasteiger partial charge in [-0.3, -0.25) is 14.9 Å². The van der Waals surface area contributed by atoms with Crippen molar-refractivity contribution in [3.63, 3.8) is 0 Å². The Labute approximate surface area is 151 Å². The number of benzene rings is 2. The number of carbonyl (C=O) groups excluding carboxylic acids is 1. The first-order valence-electron chi connectivity index (χ1n) is 7.19. The molecule has 25 heavy (non-hydrogen) atoms. The monoisotopic (exact) mass is 412 g/mol. The van der Waals surface area contributed by atoms with Gasteiger partial charge in [-0.1, -0.05) is 0 Å². The summed E-state index contributed by atoms with van der Waals surface area (Å²) in [5.74, 6) is -0.436. The smallest absolute Gasteiger partial charge is 0.296 e. The van der Waals surface area contributed by atoms with E-state index in [4.69, 9.17) is 9.47 Å². The molecule has 7 nitrogen and oxygen atoms in total. The van der Waals surface area contributed by atoms with Crippen LogP contribution in [0.2, 0.25) is 0 Å².